The Morgan fingerprint density at radius 2 is 1.41 bits per heavy atom. The molecule has 11 heteroatoms. The Morgan fingerprint density at radius 1 is 0.741 bits per heavy atom. The number of esters is 2. The summed E-state index contributed by atoms with van der Waals surface area (Å²) in [6.07, 6.45) is -0.337. The van der Waals surface area contributed by atoms with E-state index in [9.17, 15) is 19.2 Å². The summed E-state index contributed by atoms with van der Waals surface area (Å²) in [7, 11) is 0. The van der Waals surface area contributed by atoms with Gasteiger partial charge in [0.1, 0.15) is 22.8 Å². The van der Waals surface area contributed by atoms with Crippen LogP contribution in [0.4, 0.5) is 10.5 Å². The van der Waals surface area contributed by atoms with E-state index in [0.717, 1.165) is 17.4 Å². The fraction of sp³-hybridized carbons (Fsp3) is 0.209. The molecule has 3 aliphatic rings. The topological polar surface area (TPSA) is 112 Å². The van der Waals surface area contributed by atoms with Crippen LogP contribution in [-0.4, -0.2) is 59.8 Å². The molecule has 1 amide bonds. The molecule has 3 aliphatic heterocycles. The van der Waals surface area contributed by atoms with Gasteiger partial charge in [-0.3, -0.25) is 4.79 Å². The van der Waals surface area contributed by atoms with Crippen LogP contribution < -0.4 is 14.4 Å². The lowest BCUT2D eigenvalue weighted by atomic mass is 9.77. The number of hydrogen-bond donors (Lipinski definition) is 0. The van der Waals surface area contributed by atoms with Gasteiger partial charge in [-0.15, -0.1) is 0 Å². The van der Waals surface area contributed by atoms with Crippen LogP contribution in [0.25, 0.3) is 0 Å². The van der Waals surface area contributed by atoms with Gasteiger partial charge in [0.15, 0.2) is 5.60 Å². The molecule has 0 aliphatic carbocycles. The molecule has 0 bridgehead atoms. The van der Waals surface area contributed by atoms with Crippen LogP contribution in [0.1, 0.15) is 68.5 Å². The number of piperazine rings is 1. The maximum atomic E-state index is 13.6. The van der Waals surface area contributed by atoms with Crippen molar-refractivity contribution in [2.24, 2.45) is 0 Å². The number of carbonyl (C=O) groups is 4. The molecule has 1 fully saturated rings. The summed E-state index contributed by atoms with van der Waals surface area (Å²) >= 11 is 0.958. The summed E-state index contributed by atoms with van der Waals surface area (Å²) in [4.78, 5) is 57.1. The molecule has 0 radical (unpaired) electrons. The highest BCUT2D eigenvalue weighted by Gasteiger charge is 2.53. The lowest BCUT2D eigenvalue weighted by Gasteiger charge is -2.39. The monoisotopic (exact) mass is 740 g/mol. The van der Waals surface area contributed by atoms with Crippen LogP contribution in [-0.2, 0) is 15.1 Å². The standard InChI is InChI=1S/C43H36N2O8S/c1-42(2,3)53-41(49)45-23-21-44(22-24-45)28-17-19-33-35(25-28)51-36-26-29(18-20-34(36)43(33)32-15-9-7-13-30(32)39(47)52-43)50-38(46)31-14-8-10-16-37(31)54-40(48)27-11-5-4-6-12-27/h4-20,25-26H,21-24H2,1-3H3. The first-order valence-electron chi connectivity index (χ1n) is 17.6. The minimum atomic E-state index is -1.31. The smallest absolute Gasteiger partial charge is 0.410 e. The van der Waals surface area contributed by atoms with Crippen molar-refractivity contribution in [1.29, 1.82) is 0 Å². The van der Waals surface area contributed by atoms with Crippen molar-refractivity contribution in [2.45, 2.75) is 36.9 Å². The van der Waals surface area contributed by atoms with Crippen molar-refractivity contribution in [3.05, 3.63) is 149 Å². The zero-order chi connectivity index (χ0) is 37.6. The van der Waals surface area contributed by atoms with Crippen LogP contribution in [0.3, 0.4) is 0 Å². The molecule has 0 aromatic heterocycles. The predicted molar refractivity (Wildman–Crippen MR) is 203 cm³/mol. The van der Waals surface area contributed by atoms with E-state index in [4.69, 9.17) is 18.9 Å². The summed E-state index contributed by atoms with van der Waals surface area (Å²) in [6.45, 7) is 7.68. The zero-order valence-electron chi connectivity index (χ0n) is 29.9. The van der Waals surface area contributed by atoms with Gasteiger partial charge in [-0.05, 0) is 75.0 Å². The van der Waals surface area contributed by atoms with Gasteiger partial charge >= 0.3 is 18.0 Å². The van der Waals surface area contributed by atoms with Gasteiger partial charge in [-0.1, -0.05) is 60.7 Å². The molecule has 3 heterocycles. The van der Waals surface area contributed by atoms with Gasteiger partial charge in [0.2, 0.25) is 5.12 Å². The van der Waals surface area contributed by atoms with Gasteiger partial charge in [-0.2, -0.15) is 0 Å². The number of fused-ring (bicyclic) bond motifs is 6. The molecule has 8 rings (SSSR count). The van der Waals surface area contributed by atoms with Crippen molar-refractivity contribution in [2.75, 3.05) is 31.1 Å². The Balaban J connectivity index is 1.10. The number of benzene rings is 5. The second-order valence-corrected chi connectivity index (χ2v) is 15.2. The molecule has 5 aromatic rings. The van der Waals surface area contributed by atoms with Crippen LogP contribution in [0.15, 0.2) is 120 Å². The number of carbonyl (C=O) groups excluding carboxylic acids is 4. The van der Waals surface area contributed by atoms with E-state index in [0.29, 0.717) is 70.4 Å². The van der Waals surface area contributed by atoms with Crippen molar-refractivity contribution >= 4 is 40.6 Å². The van der Waals surface area contributed by atoms with Crippen molar-refractivity contribution < 1.29 is 38.1 Å². The third-order valence-electron chi connectivity index (χ3n) is 9.50. The summed E-state index contributed by atoms with van der Waals surface area (Å²) in [5, 5.41) is -0.197. The molecule has 5 aromatic carbocycles. The number of hydrogen-bond acceptors (Lipinski definition) is 10. The van der Waals surface area contributed by atoms with Gasteiger partial charge in [0.25, 0.3) is 0 Å². The molecule has 1 unspecified atom stereocenters. The quantitative estimate of drug-likeness (QED) is 0.0989. The summed E-state index contributed by atoms with van der Waals surface area (Å²) in [6, 6.07) is 33.8. The van der Waals surface area contributed by atoms with Crippen LogP contribution in [0.5, 0.6) is 17.2 Å². The summed E-state index contributed by atoms with van der Waals surface area (Å²) in [5.41, 5.74) is 2.10. The van der Waals surface area contributed by atoms with Gasteiger partial charge in [0, 0.05) is 71.1 Å². The average Bonchev–Trinajstić information content (AvgIpc) is 3.46. The normalized spacial score (nSPS) is 17.1. The molecule has 1 saturated heterocycles. The van der Waals surface area contributed by atoms with Gasteiger partial charge in [-0.25, -0.2) is 14.4 Å². The van der Waals surface area contributed by atoms with E-state index in [-0.39, 0.29) is 22.5 Å². The van der Waals surface area contributed by atoms with E-state index >= 15 is 0 Å². The van der Waals surface area contributed by atoms with Crippen LogP contribution in [0.2, 0.25) is 0 Å². The molecule has 0 N–H and O–H groups in total. The molecule has 0 saturated carbocycles. The highest BCUT2D eigenvalue weighted by Crippen LogP contribution is 2.57. The summed E-state index contributed by atoms with van der Waals surface area (Å²) < 4.78 is 24.4. The minimum absolute atomic E-state index is 0.197. The third-order valence-corrected chi connectivity index (χ3v) is 10.5. The lowest BCUT2D eigenvalue weighted by molar-refractivity contribution is 0.0218. The first kappa shape index (κ1) is 35.0. The van der Waals surface area contributed by atoms with E-state index in [1.54, 1.807) is 83.8 Å². The highest BCUT2D eigenvalue weighted by atomic mass is 32.2. The molecular formula is C43H36N2O8S. The fourth-order valence-electron chi connectivity index (χ4n) is 7.00. The Hall–Kier alpha value is -6.07. The number of anilines is 1. The maximum Gasteiger partial charge on any atom is 0.410 e. The number of thioether (sulfide) groups is 1. The maximum absolute atomic E-state index is 13.6. The van der Waals surface area contributed by atoms with E-state index in [1.165, 1.54) is 0 Å². The predicted octanol–water partition coefficient (Wildman–Crippen LogP) is 8.46. The molecule has 10 nitrogen and oxygen atoms in total. The second kappa shape index (κ2) is 13.7. The summed E-state index contributed by atoms with van der Waals surface area (Å²) in [5.74, 6) is -0.0647. The van der Waals surface area contributed by atoms with E-state index in [2.05, 4.69) is 4.90 Å². The van der Waals surface area contributed by atoms with Crippen LogP contribution in [0, 0.1) is 0 Å². The first-order chi connectivity index (χ1) is 26.0. The molecular weight excluding hydrogens is 705 g/mol. The van der Waals surface area contributed by atoms with Crippen molar-refractivity contribution in [3.8, 4) is 17.2 Å². The Morgan fingerprint density at radius 3 is 2.17 bits per heavy atom. The third kappa shape index (κ3) is 6.45. The van der Waals surface area contributed by atoms with Gasteiger partial charge < -0.3 is 28.7 Å². The van der Waals surface area contributed by atoms with E-state index in [1.807, 2.05) is 57.2 Å². The largest absolute Gasteiger partial charge is 0.456 e. The number of nitrogens with zero attached hydrogens (tertiary/aromatic N) is 2. The molecule has 1 atom stereocenters. The number of amides is 1. The highest BCUT2D eigenvalue weighted by molar-refractivity contribution is 8.14. The van der Waals surface area contributed by atoms with Crippen molar-refractivity contribution in [3.63, 3.8) is 0 Å². The second-order valence-electron chi connectivity index (χ2n) is 14.2. The van der Waals surface area contributed by atoms with Gasteiger partial charge in [0.05, 0.1) is 11.1 Å². The SMILES string of the molecule is CC(C)(C)OC(=O)N1CCN(c2ccc3c(c2)Oc2cc(OC(=O)c4ccccc4SC(=O)c4ccccc4)ccc2C32OC(=O)c3ccccc32)CC1. The molecule has 54 heavy (non-hydrogen) atoms. The first-order valence-corrected chi connectivity index (χ1v) is 18.4. The van der Waals surface area contributed by atoms with E-state index < -0.39 is 23.1 Å². The average molecular weight is 741 g/mol. The van der Waals surface area contributed by atoms with Crippen LogP contribution >= 0.6 is 11.8 Å². The fourth-order valence-corrected chi connectivity index (χ4v) is 7.86. The minimum Gasteiger partial charge on any atom is -0.456 e. The Labute approximate surface area is 316 Å². The zero-order valence-corrected chi connectivity index (χ0v) is 30.7. The van der Waals surface area contributed by atoms with Crippen molar-refractivity contribution in [1.82, 2.24) is 4.90 Å². The Kier molecular flexibility index (Phi) is 8.89. The Bertz CT molecular complexity index is 2310. The number of rotatable bonds is 5. The molecule has 272 valence electrons. The lowest BCUT2D eigenvalue weighted by Crippen LogP contribution is -2.50. The molecule has 1 spiro atoms. The number of ether oxygens (including phenoxy) is 4.